The topological polar surface area (TPSA) is 54.4 Å². The van der Waals surface area contributed by atoms with Crippen LogP contribution in [0.1, 0.15) is 22.3 Å². The highest BCUT2D eigenvalue weighted by atomic mass is 19.4. The summed E-state index contributed by atoms with van der Waals surface area (Å²) in [6.07, 6.45) is -5.61. The number of hydrogen-bond acceptors (Lipinski definition) is 2. The summed E-state index contributed by atoms with van der Waals surface area (Å²) in [6, 6.07) is 4.11. The molecule has 1 rings (SSSR count). The zero-order chi connectivity index (χ0) is 12.3. The largest absolute Gasteiger partial charge is 0.481 e. The Morgan fingerprint density at radius 2 is 1.75 bits per heavy atom. The Kier molecular flexibility index (Phi) is 3.31. The van der Waals surface area contributed by atoms with Crippen LogP contribution in [0.15, 0.2) is 24.3 Å². The van der Waals surface area contributed by atoms with Gasteiger partial charge in [0.05, 0.1) is 5.56 Å². The second-order valence-electron chi connectivity index (χ2n) is 3.04. The van der Waals surface area contributed by atoms with Crippen molar-refractivity contribution < 1.29 is 27.9 Å². The van der Waals surface area contributed by atoms with Gasteiger partial charge in [-0.25, -0.2) is 0 Å². The molecule has 0 aliphatic rings. The van der Waals surface area contributed by atoms with Crippen LogP contribution in [0, 0.1) is 0 Å². The number of rotatable bonds is 3. The second-order valence-corrected chi connectivity index (χ2v) is 3.04. The van der Waals surface area contributed by atoms with Crippen LogP contribution in [0.2, 0.25) is 0 Å². The molecule has 0 aromatic heterocycles. The maximum atomic E-state index is 12.4. The molecular formula is C10H7F3O3. The predicted octanol–water partition coefficient (Wildman–Crippen LogP) is 2.36. The first-order chi connectivity index (χ1) is 7.32. The minimum Gasteiger partial charge on any atom is -0.481 e. The highest BCUT2D eigenvalue weighted by Gasteiger charge is 2.34. The van der Waals surface area contributed by atoms with E-state index in [9.17, 15) is 22.8 Å². The number of benzene rings is 1. The number of carbonyl (C=O) groups is 2. The van der Waals surface area contributed by atoms with E-state index in [1.165, 1.54) is 6.07 Å². The van der Waals surface area contributed by atoms with Crippen LogP contribution in [-0.2, 0) is 11.0 Å². The number of ketones is 1. The molecule has 1 aromatic rings. The molecule has 0 heterocycles. The van der Waals surface area contributed by atoms with Crippen molar-refractivity contribution in [3.8, 4) is 0 Å². The summed E-state index contributed by atoms with van der Waals surface area (Å²) >= 11 is 0. The number of aliphatic carboxylic acids is 1. The number of hydrogen-bond donors (Lipinski definition) is 1. The lowest BCUT2D eigenvalue weighted by Crippen LogP contribution is -2.15. The van der Waals surface area contributed by atoms with Gasteiger partial charge in [0, 0.05) is 5.56 Å². The normalized spacial score (nSPS) is 11.2. The highest BCUT2D eigenvalue weighted by Crippen LogP contribution is 2.32. The molecule has 0 spiro atoms. The van der Waals surface area contributed by atoms with Crippen molar-refractivity contribution in [1.82, 2.24) is 0 Å². The smallest absolute Gasteiger partial charge is 0.417 e. The Hall–Kier alpha value is -1.85. The zero-order valence-corrected chi connectivity index (χ0v) is 7.91. The molecule has 1 aromatic carbocycles. The first-order valence-corrected chi connectivity index (χ1v) is 4.23. The quantitative estimate of drug-likeness (QED) is 0.642. The summed E-state index contributed by atoms with van der Waals surface area (Å²) < 4.78 is 37.3. The minimum absolute atomic E-state index is 0.614. The van der Waals surface area contributed by atoms with Crippen LogP contribution < -0.4 is 0 Å². The van der Waals surface area contributed by atoms with E-state index in [0.29, 0.717) is 0 Å². The molecule has 86 valence electrons. The van der Waals surface area contributed by atoms with Gasteiger partial charge in [0.25, 0.3) is 0 Å². The van der Waals surface area contributed by atoms with Crippen LogP contribution in [0.25, 0.3) is 0 Å². The lowest BCUT2D eigenvalue weighted by Gasteiger charge is -2.10. The maximum Gasteiger partial charge on any atom is 0.417 e. The Morgan fingerprint density at radius 1 is 1.19 bits per heavy atom. The van der Waals surface area contributed by atoms with E-state index in [1.807, 2.05) is 0 Å². The fraction of sp³-hybridized carbons (Fsp3) is 0.200. The molecule has 0 aliphatic carbocycles. The average molecular weight is 232 g/mol. The molecule has 1 N–H and O–H groups in total. The number of carbonyl (C=O) groups excluding carboxylic acids is 1. The van der Waals surface area contributed by atoms with E-state index in [2.05, 4.69) is 0 Å². The summed E-state index contributed by atoms with van der Waals surface area (Å²) in [7, 11) is 0. The first-order valence-electron chi connectivity index (χ1n) is 4.23. The second kappa shape index (κ2) is 4.34. The lowest BCUT2D eigenvalue weighted by atomic mass is 10.0. The van der Waals surface area contributed by atoms with Crippen LogP contribution in [0.5, 0.6) is 0 Å². The van der Waals surface area contributed by atoms with Crippen molar-refractivity contribution >= 4 is 11.8 Å². The van der Waals surface area contributed by atoms with E-state index >= 15 is 0 Å². The molecule has 6 heteroatoms. The Morgan fingerprint density at radius 3 is 2.25 bits per heavy atom. The summed E-state index contributed by atoms with van der Waals surface area (Å²) in [5.41, 5.74) is -1.72. The standard InChI is InChI=1S/C10H7F3O3/c11-10(12,13)7-4-2-1-3-6(7)8(14)5-9(15)16/h1-4H,5H2,(H,15,16). The van der Waals surface area contributed by atoms with Gasteiger partial charge in [-0.15, -0.1) is 0 Å². The number of carboxylic acid groups (broad SMARTS) is 1. The molecule has 0 bridgehead atoms. The van der Waals surface area contributed by atoms with Gasteiger partial charge in [0.15, 0.2) is 5.78 Å². The van der Waals surface area contributed by atoms with Gasteiger partial charge in [-0.2, -0.15) is 13.2 Å². The van der Waals surface area contributed by atoms with E-state index < -0.39 is 35.5 Å². The summed E-state index contributed by atoms with van der Waals surface area (Å²) in [6.45, 7) is 0. The van der Waals surface area contributed by atoms with Crippen molar-refractivity contribution in [2.75, 3.05) is 0 Å². The molecule has 0 aliphatic heterocycles. The molecule has 0 saturated heterocycles. The van der Waals surface area contributed by atoms with E-state index in [0.717, 1.165) is 18.2 Å². The first kappa shape index (κ1) is 12.2. The number of carboxylic acids is 1. The third-order valence-electron chi connectivity index (χ3n) is 1.84. The fourth-order valence-electron chi connectivity index (χ4n) is 1.21. The molecule has 0 saturated carbocycles. The predicted molar refractivity (Wildman–Crippen MR) is 48.0 cm³/mol. The van der Waals surface area contributed by atoms with E-state index in [4.69, 9.17) is 5.11 Å². The van der Waals surface area contributed by atoms with Gasteiger partial charge in [-0.05, 0) is 6.07 Å². The summed E-state index contributed by atoms with van der Waals surface area (Å²) in [4.78, 5) is 21.5. The molecular weight excluding hydrogens is 225 g/mol. The van der Waals surface area contributed by atoms with Crippen molar-refractivity contribution in [3.63, 3.8) is 0 Å². The van der Waals surface area contributed by atoms with Crippen molar-refractivity contribution in [1.29, 1.82) is 0 Å². The van der Waals surface area contributed by atoms with Gasteiger partial charge >= 0.3 is 12.1 Å². The van der Waals surface area contributed by atoms with Gasteiger partial charge < -0.3 is 5.11 Å². The highest BCUT2D eigenvalue weighted by molar-refractivity contribution is 6.06. The van der Waals surface area contributed by atoms with Crippen LogP contribution in [0.4, 0.5) is 13.2 Å². The van der Waals surface area contributed by atoms with E-state index in [-0.39, 0.29) is 0 Å². The Labute approximate surface area is 88.5 Å². The van der Waals surface area contributed by atoms with Gasteiger partial charge in [-0.3, -0.25) is 9.59 Å². The molecule has 16 heavy (non-hydrogen) atoms. The third kappa shape index (κ3) is 2.82. The number of Topliss-reactive ketones (excluding diaryl/α,β-unsaturated/α-hetero) is 1. The fourth-order valence-corrected chi connectivity index (χ4v) is 1.21. The average Bonchev–Trinajstić information content (AvgIpc) is 2.15. The minimum atomic E-state index is -4.66. The maximum absolute atomic E-state index is 12.4. The van der Waals surface area contributed by atoms with Crippen LogP contribution in [-0.4, -0.2) is 16.9 Å². The number of halogens is 3. The summed E-state index contributed by atoms with van der Waals surface area (Å²) in [5, 5.41) is 8.34. The zero-order valence-electron chi connectivity index (χ0n) is 7.91. The monoisotopic (exact) mass is 232 g/mol. The van der Waals surface area contributed by atoms with Crippen molar-refractivity contribution in [2.45, 2.75) is 12.6 Å². The molecule has 0 unspecified atom stereocenters. The molecule has 0 atom stereocenters. The molecule has 0 amide bonds. The third-order valence-corrected chi connectivity index (χ3v) is 1.84. The molecule has 3 nitrogen and oxygen atoms in total. The van der Waals surface area contributed by atoms with Gasteiger partial charge in [0.1, 0.15) is 6.42 Å². The van der Waals surface area contributed by atoms with Gasteiger partial charge in [0.2, 0.25) is 0 Å². The van der Waals surface area contributed by atoms with Crippen LogP contribution in [0.3, 0.4) is 0 Å². The number of alkyl halides is 3. The Bertz CT molecular complexity index is 424. The lowest BCUT2D eigenvalue weighted by molar-refractivity contribution is -0.139. The van der Waals surface area contributed by atoms with Crippen molar-refractivity contribution in [2.24, 2.45) is 0 Å². The van der Waals surface area contributed by atoms with Crippen LogP contribution >= 0.6 is 0 Å². The summed E-state index contributed by atoms with van der Waals surface area (Å²) in [5.74, 6) is -2.51. The van der Waals surface area contributed by atoms with Crippen molar-refractivity contribution in [3.05, 3.63) is 35.4 Å². The van der Waals surface area contributed by atoms with E-state index in [1.54, 1.807) is 0 Å². The SMILES string of the molecule is O=C(O)CC(=O)c1ccccc1C(F)(F)F. The van der Waals surface area contributed by atoms with Gasteiger partial charge in [-0.1, -0.05) is 18.2 Å². The Balaban J connectivity index is 3.14. The molecule has 0 fully saturated rings. The molecule has 0 radical (unpaired) electrons.